The van der Waals surface area contributed by atoms with Crippen LogP contribution in [0.1, 0.15) is 43.7 Å². The summed E-state index contributed by atoms with van der Waals surface area (Å²) >= 11 is 0. The Bertz CT molecular complexity index is 728. The van der Waals surface area contributed by atoms with Gasteiger partial charge in [0.1, 0.15) is 11.5 Å². The molecule has 1 N–H and O–H groups in total. The summed E-state index contributed by atoms with van der Waals surface area (Å²) in [5.74, 6) is 1.78. The Morgan fingerprint density at radius 1 is 1.00 bits per heavy atom. The van der Waals surface area contributed by atoms with Crippen LogP contribution < -0.4 is 14.8 Å². The van der Waals surface area contributed by atoms with Crippen molar-refractivity contribution in [3.8, 4) is 11.5 Å². The summed E-state index contributed by atoms with van der Waals surface area (Å²) < 4.78 is 11.0. The lowest BCUT2D eigenvalue weighted by molar-refractivity contribution is -0.121. The van der Waals surface area contributed by atoms with Crippen LogP contribution in [0.4, 0.5) is 0 Å². The number of methoxy groups -OCH3 is 1. The number of carbonyl (C=O) groups excluding carboxylic acids is 1. The highest BCUT2D eigenvalue weighted by molar-refractivity contribution is 5.75. The molecule has 1 unspecified atom stereocenters. The van der Waals surface area contributed by atoms with Gasteiger partial charge in [-0.25, -0.2) is 0 Å². The lowest BCUT2D eigenvalue weighted by atomic mass is 10.0. The van der Waals surface area contributed by atoms with Gasteiger partial charge in [0.15, 0.2) is 0 Å². The summed E-state index contributed by atoms with van der Waals surface area (Å²) in [6, 6.07) is 18.1. The zero-order valence-electron chi connectivity index (χ0n) is 17.3. The van der Waals surface area contributed by atoms with E-state index in [9.17, 15) is 4.79 Å². The van der Waals surface area contributed by atoms with Gasteiger partial charge in [0, 0.05) is 13.0 Å². The first-order chi connectivity index (χ1) is 14.3. The van der Waals surface area contributed by atoms with Crippen LogP contribution in [0.5, 0.6) is 11.5 Å². The second kappa shape index (κ2) is 11.5. The van der Waals surface area contributed by atoms with Gasteiger partial charge >= 0.3 is 0 Å². The van der Waals surface area contributed by atoms with E-state index in [1.165, 1.54) is 24.8 Å². The highest BCUT2D eigenvalue weighted by atomic mass is 16.5. The Hall–Kier alpha value is -2.53. The molecule has 156 valence electrons. The van der Waals surface area contributed by atoms with Crippen LogP contribution in [-0.4, -0.2) is 44.2 Å². The topological polar surface area (TPSA) is 50.8 Å². The van der Waals surface area contributed by atoms with E-state index < -0.39 is 0 Å². The normalized spacial score (nSPS) is 15.5. The fraction of sp³-hybridized carbons (Fsp3) is 0.458. The molecule has 2 aromatic carbocycles. The first-order valence-corrected chi connectivity index (χ1v) is 10.6. The minimum Gasteiger partial charge on any atom is -0.497 e. The van der Waals surface area contributed by atoms with Gasteiger partial charge in [0.05, 0.1) is 19.8 Å². The molecular weight excluding hydrogens is 364 g/mol. The van der Waals surface area contributed by atoms with Crippen LogP contribution in [-0.2, 0) is 4.79 Å². The molecule has 0 bridgehead atoms. The predicted molar refractivity (Wildman–Crippen MR) is 115 cm³/mol. The van der Waals surface area contributed by atoms with Crippen molar-refractivity contribution in [1.29, 1.82) is 0 Å². The number of likely N-dealkylation sites (tertiary alicyclic amines) is 1. The first-order valence-electron chi connectivity index (χ1n) is 10.6. The summed E-state index contributed by atoms with van der Waals surface area (Å²) in [5, 5.41) is 3.14. The van der Waals surface area contributed by atoms with Crippen molar-refractivity contribution in [3.05, 3.63) is 60.2 Å². The van der Waals surface area contributed by atoms with E-state index >= 15 is 0 Å². The maximum absolute atomic E-state index is 12.4. The van der Waals surface area contributed by atoms with Gasteiger partial charge in [0.2, 0.25) is 5.91 Å². The number of piperidine rings is 1. The fourth-order valence-electron chi connectivity index (χ4n) is 3.75. The Morgan fingerprint density at radius 3 is 2.41 bits per heavy atom. The molecule has 0 aromatic heterocycles. The van der Waals surface area contributed by atoms with Gasteiger partial charge in [-0.1, -0.05) is 36.8 Å². The molecule has 0 spiro atoms. The molecule has 1 fully saturated rings. The first kappa shape index (κ1) is 21.2. The maximum Gasteiger partial charge on any atom is 0.220 e. The SMILES string of the molecule is COc1ccc(C(CNC(=O)CCCOc2ccccc2)N2CCCCC2)cc1. The highest BCUT2D eigenvalue weighted by Crippen LogP contribution is 2.26. The Kier molecular flexibility index (Phi) is 8.38. The van der Waals surface area contributed by atoms with Crippen LogP contribution in [0, 0.1) is 0 Å². The van der Waals surface area contributed by atoms with Crippen molar-refractivity contribution in [2.45, 2.75) is 38.1 Å². The highest BCUT2D eigenvalue weighted by Gasteiger charge is 2.22. The van der Waals surface area contributed by atoms with Gasteiger partial charge in [-0.05, 0) is 62.2 Å². The van der Waals surface area contributed by atoms with Crippen molar-refractivity contribution < 1.29 is 14.3 Å². The number of hydrogen-bond donors (Lipinski definition) is 1. The van der Waals surface area contributed by atoms with E-state index in [0.29, 0.717) is 26.0 Å². The molecule has 0 saturated carbocycles. The molecule has 0 radical (unpaired) electrons. The lowest BCUT2D eigenvalue weighted by Crippen LogP contribution is -2.40. The van der Waals surface area contributed by atoms with E-state index in [4.69, 9.17) is 9.47 Å². The smallest absolute Gasteiger partial charge is 0.220 e. The average molecular weight is 397 g/mol. The number of carbonyl (C=O) groups is 1. The van der Waals surface area contributed by atoms with Gasteiger partial charge in [-0.2, -0.15) is 0 Å². The van der Waals surface area contributed by atoms with Crippen LogP contribution in [0.2, 0.25) is 0 Å². The number of ether oxygens (including phenoxy) is 2. The Labute approximate surface area is 174 Å². The van der Waals surface area contributed by atoms with E-state index in [0.717, 1.165) is 24.6 Å². The molecule has 3 rings (SSSR count). The molecule has 1 aliphatic heterocycles. The van der Waals surface area contributed by atoms with E-state index in [1.54, 1.807) is 7.11 Å². The predicted octanol–water partition coefficient (Wildman–Crippen LogP) is 4.20. The third kappa shape index (κ3) is 6.79. The standard InChI is InChI=1S/C24H32N2O3/c1-28-21-14-12-20(13-15-21)23(26-16-6-3-7-17-26)19-25-24(27)11-8-18-29-22-9-4-2-5-10-22/h2,4-5,9-10,12-15,23H,3,6-8,11,16-19H2,1H3,(H,25,27). The van der Waals surface area contributed by atoms with E-state index in [1.807, 2.05) is 42.5 Å². The molecule has 0 aliphatic carbocycles. The number of nitrogens with zero attached hydrogens (tertiary/aromatic N) is 1. The van der Waals surface area contributed by atoms with Crippen LogP contribution in [0.25, 0.3) is 0 Å². The number of nitrogens with one attached hydrogen (secondary N) is 1. The summed E-state index contributed by atoms with van der Waals surface area (Å²) in [7, 11) is 1.68. The zero-order chi connectivity index (χ0) is 20.3. The van der Waals surface area contributed by atoms with Crippen molar-refractivity contribution >= 4 is 5.91 Å². The van der Waals surface area contributed by atoms with Gasteiger partial charge in [0.25, 0.3) is 0 Å². The number of rotatable bonds is 10. The van der Waals surface area contributed by atoms with Crippen molar-refractivity contribution in [1.82, 2.24) is 10.2 Å². The molecule has 1 heterocycles. The monoisotopic (exact) mass is 396 g/mol. The fourth-order valence-corrected chi connectivity index (χ4v) is 3.75. The van der Waals surface area contributed by atoms with Crippen LogP contribution in [0.15, 0.2) is 54.6 Å². The second-order valence-electron chi connectivity index (χ2n) is 7.45. The van der Waals surface area contributed by atoms with E-state index in [-0.39, 0.29) is 11.9 Å². The Morgan fingerprint density at radius 2 is 1.72 bits per heavy atom. The molecule has 1 aliphatic rings. The number of para-hydroxylation sites is 1. The quantitative estimate of drug-likeness (QED) is 0.612. The number of benzene rings is 2. The van der Waals surface area contributed by atoms with Crippen LogP contribution in [0.3, 0.4) is 0 Å². The van der Waals surface area contributed by atoms with Gasteiger partial charge in [-0.15, -0.1) is 0 Å². The lowest BCUT2D eigenvalue weighted by Gasteiger charge is -2.35. The van der Waals surface area contributed by atoms with Crippen molar-refractivity contribution in [2.24, 2.45) is 0 Å². The third-order valence-electron chi connectivity index (χ3n) is 5.38. The molecule has 5 heteroatoms. The average Bonchev–Trinajstić information content (AvgIpc) is 2.79. The molecular formula is C24H32N2O3. The molecule has 1 saturated heterocycles. The van der Waals surface area contributed by atoms with Gasteiger partial charge in [-0.3, -0.25) is 9.69 Å². The summed E-state index contributed by atoms with van der Waals surface area (Å²) in [6.45, 7) is 3.34. The van der Waals surface area contributed by atoms with Crippen molar-refractivity contribution in [2.75, 3.05) is 33.4 Å². The third-order valence-corrected chi connectivity index (χ3v) is 5.38. The second-order valence-corrected chi connectivity index (χ2v) is 7.45. The molecule has 1 atom stereocenters. The molecule has 5 nitrogen and oxygen atoms in total. The molecule has 1 amide bonds. The van der Waals surface area contributed by atoms with Gasteiger partial charge < -0.3 is 14.8 Å². The van der Waals surface area contributed by atoms with E-state index in [2.05, 4.69) is 22.3 Å². The zero-order valence-corrected chi connectivity index (χ0v) is 17.3. The minimum absolute atomic E-state index is 0.0807. The molecule has 29 heavy (non-hydrogen) atoms. The summed E-state index contributed by atoms with van der Waals surface area (Å²) in [5.41, 5.74) is 1.22. The maximum atomic E-state index is 12.4. The number of amides is 1. The summed E-state index contributed by atoms with van der Waals surface area (Å²) in [4.78, 5) is 14.9. The van der Waals surface area contributed by atoms with Crippen LogP contribution >= 0.6 is 0 Å². The van der Waals surface area contributed by atoms with Crippen molar-refractivity contribution in [3.63, 3.8) is 0 Å². The summed E-state index contributed by atoms with van der Waals surface area (Å²) in [6.07, 6.45) is 4.91. The Balaban J connectivity index is 1.48. The number of hydrogen-bond acceptors (Lipinski definition) is 4. The largest absolute Gasteiger partial charge is 0.497 e. The molecule has 2 aromatic rings. The minimum atomic E-state index is 0.0807.